The number of ether oxygens (including phenoxy) is 3. The SMILES string of the molecule is CCOc1cc(C(=O)N2CCOC3CCCCC32)ccc1OCC(=O)O. The monoisotopic (exact) mass is 363 g/mol. The van der Waals surface area contributed by atoms with E-state index in [9.17, 15) is 9.59 Å². The largest absolute Gasteiger partial charge is 0.490 e. The van der Waals surface area contributed by atoms with E-state index in [1.807, 2.05) is 11.8 Å². The van der Waals surface area contributed by atoms with E-state index in [1.165, 1.54) is 0 Å². The lowest BCUT2D eigenvalue weighted by Gasteiger charge is -2.43. The van der Waals surface area contributed by atoms with Crippen LogP contribution >= 0.6 is 0 Å². The number of nitrogens with zero attached hydrogens (tertiary/aromatic N) is 1. The zero-order valence-electron chi connectivity index (χ0n) is 15.0. The maximum Gasteiger partial charge on any atom is 0.341 e. The third-order valence-electron chi connectivity index (χ3n) is 4.83. The molecule has 1 heterocycles. The van der Waals surface area contributed by atoms with Crippen LogP contribution in [0.15, 0.2) is 18.2 Å². The number of carboxylic acid groups (broad SMARTS) is 1. The van der Waals surface area contributed by atoms with E-state index in [0.29, 0.717) is 36.8 Å². The van der Waals surface area contributed by atoms with E-state index < -0.39 is 12.6 Å². The summed E-state index contributed by atoms with van der Waals surface area (Å²) < 4.78 is 16.6. The fourth-order valence-electron chi connectivity index (χ4n) is 3.68. The molecule has 1 aliphatic heterocycles. The molecule has 1 saturated carbocycles. The third kappa shape index (κ3) is 4.09. The zero-order chi connectivity index (χ0) is 18.5. The first kappa shape index (κ1) is 18.5. The lowest BCUT2D eigenvalue weighted by atomic mass is 9.89. The number of carbonyl (C=O) groups excluding carboxylic acids is 1. The Kier molecular flexibility index (Phi) is 5.98. The topological polar surface area (TPSA) is 85.3 Å². The number of amides is 1. The number of benzene rings is 1. The summed E-state index contributed by atoms with van der Waals surface area (Å²) in [7, 11) is 0. The molecule has 2 fully saturated rings. The molecule has 1 amide bonds. The van der Waals surface area contributed by atoms with Gasteiger partial charge in [0, 0.05) is 12.1 Å². The van der Waals surface area contributed by atoms with Crippen molar-refractivity contribution in [1.82, 2.24) is 4.90 Å². The highest BCUT2D eigenvalue weighted by molar-refractivity contribution is 5.95. The minimum Gasteiger partial charge on any atom is -0.490 e. The molecular weight excluding hydrogens is 338 g/mol. The molecule has 3 rings (SSSR count). The molecule has 1 aromatic rings. The zero-order valence-corrected chi connectivity index (χ0v) is 15.0. The predicted octanol–water partition coefficient (Wildman–Crippen LogP) is 2.33. The summed E-state index contributed by atoms with van der Waals surface area (Å²) in [4.78, 5) is 25.7. The second-order valence-electron chi connectivity index (χ2n) is 6.54. The number of fused-ring (bicyclic) bond motifs is 1. The van der Waals surface area contributed by atoms with Crippen LogP contribution in [0.5, 0.6) is 11.5 Å². The van der Waals surface area contributed by atoms with Crippen molar-refractivity contribution in [3.63, 3.8) is 0 Å². The Morgan fingerprint density at radius 3 is 2.81 bits per heavy atom. The van der Waals surface area contributed by atoms with Gasteiger partial charge < -0.3 is 24.2 Å². The Bertz CT molecular complexity index is 659. The van der Waals surface area contributed by atoms with E-state index in [2.05, 4.69) is 0 Å². The molecule has 2 atom stereocenters. The van der Waals surface area contributed by atoms with Crippen molar-refractivity contribution in [2.45, 2.75) is 44.8 Å². The first-order valence-corrected chi connectivity index (χ1v) is 9.14. The normalized spacial score (nSPS) is 22.4. The summed E-state index contributed by atoms with van der Waals surface area (Å²) in [5.74, 6) is -0.406. The molecule has 0 aromatic heterocycles. The van der Waals surface area contributed by atoms with Crippen molar-refractivity contribution < 1.29 is 28.9 Å². The highest BCUT2D eigenvalue weighted by atomic mass is 16.5. The standard InChI is InChI=1S/C19H25NO6/c1-2-24-17-11-13(7-8-16(17)26-12-18(21)22)19(23)20-9-10-25-15-6-4-3-5-14(15)20/h7-8,11,14-15H,2-6,9-10,12H2,1H3,(H,21,22). The van der Waals surface area contributed by atoms with Crippen LogP contribution in [0.25, 0.3) is 0 Å². The van der Waals surface area contributed by atoms with Crippen LogP contribution < -0.4 is 9.47 Å². The molecule has 142 valence electrons. The molecule has 26 heavy (non-hydrogen) atoms. The summed E-state index contributed by atoms with van der Waals surface area (Å²) in [5.41, 5.74) is 0.516. The van der Waals surface area contributed by atoms with Gasteiger partial charge in [0.25, 0.3) is 5.91 Å². The van der Waals surface area contributed by atoms with Crippen LogP contribution in [0, 0.1) is 0 Å². The van der Waals surface area contributed by atoms with Crippen molar-refractivity contribution in [1.29, 1.82) is 0 Å². The quantitative estimate of drug-likeness (QED) is 0.835. The summed E-state index contributed by atoms with van der Waals surface area (Å²) in [6, 6.07) is 5.02. The van der Waals surface area contributed by atoms with E-state index in [4.69, 9.17) is 19.3 Å². The molecule has 2 aliphatic rings. The molecule has 7 nitrogen and oxygen atoms in total. The van der Waals surface area contributed by atoms with Gasteiger partial charge >= 0.3 is 5.97 Å². The molecule has 1 aromatic carbocycles. The summed E-state index contributed by atoms with van der Waals surface area (Å²) in [6.45, 7) is 2.90. The van der Waals surface area contributed by atoms with Gasteiger partial charge in [0.05, 0.1) is 25.4 Å². The molecule has 1 N–H and O–H groups in total. The van der Waals surface area contributed by atoms with Gasteiger partial charge in [-0.15, -0.1) is 0 Å². The van der Waals surface area contributed by atoms with Crippen molar-refractivity contribution in [2.24, 2.45) is 0 Å². The molecule has 1 aliphatic carbocycles. The lowest BCUT2D eigenvalue weighted by molar-refractivity contribution is -0.139. The lowest BCUT2D eigenvalue weighted by Crippen LogP contribution is -2.54. The number of hydrogen-bond donors (Lipinski definition) is 1. The molecular formula is C19H25NO6. The van der Waals surface area contributed by atoms with Gasteiger partial charge in [0.1, 0.15) is 0 Å². The van der Waals surface area contributed by atoms with Gasteiger partial charge in [-0.3, -0.25) is 4.79 Å². The van der Waals surface area contributed by atoms with E-state index >= 15 is 0 Å². The first-order chi connectivity index (χ1) is 12.6. The van der Waals surface area contributed by atoms with Crippen molar-refractivity contribution >= 4 is 11.9 Å². The van der Waals surface area contributed by atoms with Crippen molar-refractivity contribution in [3.8, 4) is 11.5 Å². The Morgan fingerprint density at radius 2 is 2.04 bits per heavy atom. The molecule has 7 heteroatoms. The second kappa shape index (κ2) is 8.40. The Morgan fingerprint density at radius 1 is 1.23 bits per heavy atom. The fourth-order valence-corrected chi connectivity index (χ4v) is 3.68. The number of hydrogen-bond acceptors (Lipinski definition) is 5. The Hall–Kier alpha value is -2.28. The van der Waals surface area contributed by atoms with E-state index in [1.54, 1.807) is 18.2 Å². The fraction of sp³-hybridized carbons (Fsp3) is 0.579. The number of aliphatic carboxylic acids is 1. The van der Waals surface area contributed by atoms with Gasteiger partial charge in [-0.05, 0) is 38.0 Å². The highest BCUT2D eigenvalue weighted by Crippen LogP contribution is 2.32. The first-order valence-electron chi connectivity index (χ1n) is 9.14. The van der Waals surface area contributed by atoms with Crippen molar-refractivity contribution in [2.75, 3.05) is 26.4 Å². The summed E-state index contributed by atoms with van der Waals surface area (Å²) >= 11 is 0. The molecule has 0 bridgehead atoms. The number of morpholine rings is 1. The van der Waals surface area contributed by atoms with Gasteiger partial charge in [0.2, 0.25) is 0 Å². The van der Waals surface area contributed by atoms with E-state index in [-0.39, 0.29) is 18.1 Å². The molecule has 0 spiro atoms. The van der Waals surface area contributed by atoms with Gasteiger partial charge in [-0.25, -0.2) is 4.79 Å². The maximum absolute atomic E-state index is 13.1. The maximum atomic E-state index is 13.1. The van der Waals surface area contributed by atoms with Gasteiger partial charge in [-0.2, -0.15) is 0 Å². The van der Waals surface area contributed by atoms with Crippen LogP contribution in [-0.4, -0.2) is 60.4 Å². The number of rotatable bonds is 6. The highest BCUT2D eigenvalue weighted by Gasteiger charge is 2.37. The van der Waals surface area contributed by atoms with Crippen LogP contribution in [0.3, 0.4) is 0 Å². The average molecular weight is 363 g/mol. The van der Waals surface area contributed by atoms with E-state index in [0.717, 1.165) is 25.7 Å². The average Bonchev–Trinajstić information content (AvgIpc) is 2.66. The molecule has 0 radical (unpaired) electrons. The third-order valence-corrected chi connectivity index (χ3v) is 4.83. The number of carbonyl (C=O) groups is 2. The Labute approximate surface area is 152 Å². The van der Waals surface area contributed by atoms with Crippen LogP contribution in [0.1, 0.15) is 43.0 Å². The van der Waals surface area contributed by atoms with Crippen LogP contribution in [0.4, 0.5) is 0 Å². The Balaban J connectivity index is 1.79. The van der Waals surface area contributed by atoms with Crippen LogP contribution in [-0.2, 0) is 9.53 Å². The second-order valence-corrected chi connectivity index (χ2v) is 6.54. The van der Waals surface area contributed by atoms with Gasteiger partial charge in [0.15, 0.2) is 18.1 Å². The van der Waals surface area contributed by atoms with Gasteiger partial charge in [-0.1, -0.05) is 12.8 Å². The number of carboxylic acids is 1. The molecule has 2 unspecified atom stereocenters. The van der Waals surface area contributed by atoms with Crippen LogP contribution in [0.2, 0.25) is 0 Å². The minimum atomic E-state index is -1.07. The smallest absolute Gasteiger partial charge is 0.341 e. The summed E-state index contributed by atoms with van der Waals surface area (Å²) in [6.07, 6.45) is 4.36. The predicted molar refractivity (Wildman–Crippen MR) is 93.8 cm³/mol. The summed E-state index contributed by atoms with van der Waals surface area (Å²) in [5, 5.41) is 8.78. The molecule has 1 saturated heterocycles. The van der Waals surface area contributed by atoms with Crippen molar-refractivity contribution in [3.05, 3.63) is 23.8 Å². The minimum absolute atomic E-state index is 0.0454.